The maximum atomic E-state index is 2.45. The molecule has 0 N–H and O–H groups in total. The predicted molar refractivity (Wildman–Crippen MR) is 57.3 cm³/mol. The molecule has 0 saturated heterocycles. The fourth-order valence-corrected chi connectivity index (χ4v) is 2.10. The lowest BCUT2D eigenvalue weighted by Gasteiger charge is -2.37. The average molecular weight is 170 g/mol. The zero-order valence-electron chi connectivity index (χ0n) is 9.78. The van der Waals surface area contributed by atoms with Crippen LogP contribution in [0, 0.1) is 17.3 Å². The molecule has 12 heavy (non-hydrogen) atoms. The SMILES string of the molecule is CCCC(C)(CC)C(C)C(C)C. The van der Waals surface area contributed by atoms with Crippen LogP contribution in [-0.4, -0.2) is 0 Å². The first-order valence-corrected chi connectivity index (χ1v) is 5.48. The first kappa shape index (κ1) is 12.0. The van der Waals surface area contributed by atoms with E-state index in [1.54, 1.807) is 0 Å². The summed E-state index contributed by atoms with van der Waals surface area (Å²) in [4.78, 5) is 0. The van der Waals surface area contributed by atoms with Crippen molar-refractivity contribution in [2.24, 2.45) is 17.3 Å². The Hall–Kier alpha value is 0. The lowest BCUT2D eigenvalue weighted by atomic mass is 9.68. The molecule has 0 bridgehead atoms. The van der Waals surface area contributed by atoms with E-state index in [4.69, 9.17) is 0 Å². The summed E-state index contributed by atoms with van der Waals surface area (Å²) in [7, 11) is 0. The van der Waals surface area contributed by atoms with Crippen molar-refractivity contribution in [1.29, 1.82) is 0 Å². The van der Waals surface area contributed by atoms with Crippen molar-refractivity contribution < 1.29 is 0 Å². The topological polar surface area (TPSA) is 0 Å². The van der Waals surface area contributed by atoms with E-state index >= 15 is 0 Å². The fourth-order valence-electron chi connectivity index (χ4n) is 2.10. The second-order valence-electron chi connectivity index (χ2n) is 4.79. The van der Waals surface area contributed by atoms with Crippen LogP contribution in [0.1, 0.15) is 60.8 Å². The molecule has 0 aromatic carbocycles. The van der Waals surface area contributed by atoms with E-state index in [0.717, 1.165) is 11.8 Å². The van der Waals surface area contributed by atoms with Gasteiger partial charge >= 0.3 is 0 Å². The first-order chi connectivity index (χ1) is 5.48. The number of hydrogen-bond acceptors (Lipinski definition) is 0. The highest BCUT2D eigenvalue weighted by Gasteiger charge is 2.29. The predicted octanol–water partition coefficient (Wildman–Crippen LogP) is 4.49. The smallest absolute Gasteiger partial charge is 0.0300 e. The molecule has 0 radical (unpaired) electrons. The molecule has 0 rings (SSSR count). The van der Waals surface area contributed by atoms with Gasteiger partial charge in [0.05, 0.1) is 0 Å². The summed E-state index contributed by atoms with van der Waals surface area (Å²) in [5, 5.41) is 0. The lowest BCUT2D eigenvalue weighted by molar-refractivity contribution is 0.130. The molecule has 0 amide bonds. The van der Waals surface area contributed by atoms with E-state index in [1.807, 2.05) is 0 Å². The van der Waals surface area contributed by atoms with Crippen LogP contribution in [0.25, 0.3) is 0 Å². The van der Waals surface area contributed by atoms with Crippen molar-refractivity contribution in [3.8, 4) is 0 Å². The van der Waals surface area contributed by atoms with E-state index in [0.29, 0.717) is 5.41 Å². The Morgan fingerprint density at radius 2 is 1.58 bits per heavy atom. The molecule has 0 aromatic rings. The van der Waals surface area contributed by atoms with Gasteiger partial charge in [0.2, 0.25) is 0 Å². The van der Waals surface area contributed by atoms with Gasteiger partial charge in [-0.15, -0.1) is 0 Å². The largest absolute Gasteiger partial charge is 0.0654 e. The summed E-state index contributed by atoms with van der Waals surface area (Å²) in [6.45, 7) is 14.2. The summed E-state index contributed by atoms with van der Waals surface area (Å²) < 4.78 is 0. The van der Waals surface area contributed by atoms with E-state index in [1.165, 1.54) is 19.3 Å². The quantitative estimate of drug-likeness (QED) is 0.570. The number of rotatable bonds is 5. The lowest BCUT2D eigenvalue weighted by Crippen LogP contribution is -2.28. The van der Waals surface area contributed by atoms with Crippen molar-refractivity contribution in [2.75, 3.05) is 0 Å². The van der Waals surface area contributed by atoms with Crippen LogP contribution in [0.15, 0.2) is 0 Å². The zero-order chi connectivity index (χ0) is 9.78. The third-order valence-corrected chi connectivity index (χ3v) is 3.73. The minimum atomic E-state index is 0.572. The average Bonchev–Trinajstić information content (AvgIpc) is 2.03. The third kappa shape index (κ3) is 2.80. The van der Waals surface area contributed by atoms with Crippen LogP contribution in [0.5, 0.6) is 0 Å². The minimum absolute atomic E-state index is 0.572. The molecule has 0 aromatic heterocycles. The molecular formula is C12H26. The van der Waals surface area contributed by atoms with Gasteiger partial charge in [-0.3, -0.25) is 0 Å². The van der Waals surface area contributed by atoms with Crippen molar-refractivity contribution in [3.05, 3.63) is 0 Å². The highest BCUT2D eigenvalue weighted by atomic mass is 14.3. The van der Waals surface area contributed by atoms with Gasteiger partial charge < -0.3 is 0 Å². The Morgan fingerprint density at radius 3 is 1.83 bits per heavy atom. The van der Waals surface area contributed by atoms with Crippen LogP contribution in [0.2, 0.25) is 0 Å². The van der Waals surface area contributed by atoms with Crippen LogP contribution in [-0.2, 0) is 0 Å². The summed E-state index contributed by atoms with van der Waals surface area (Å²) in [6, 6.07) is 0. The molecule has 0 heteroatoms. The van der Waals surface area contributed by atoms with Crippen molar-refractivity contribution in [2.45, 2.75) is 60.8 Å². The maximum Gasteiger partial charge on any atom is -0.0300 e. The van der Waals surface area contributed by atoms with Crippen molar-refractivity contribution in [3.63, 3.8) is 0 Å². The van der Waals surface area contributed by atoms with Crippen LogP contribution < -0.4 is 0 Å². The van der Waals surface area contributed by atoms with Gasteiger partial charge in [-0.05, 0) is 23.7 Å². The molecule has 0 saturated carbocycles. The molecule has 74 valence electrons. The number of hydrogen-bond donors (Lipinski definition) is 0. The molecule has 0 aliphatic carbocycles. The van der Waals surface area contributed by atoms with Crippen LogP contribution in [0.3, 0.4) is 0 Å². The Morgan fingerprint density at radius 1 is 1.08 bits per heavy atom. The molecule has 0 heterocycles. The molecule has 0 spiro atoms. The Labute approximate surface area is 78.8 Å². The van der Waals surface area contributed by atoms with Gasteiger partial charge in [0.15, 0.2) is 0 Å². The van der Waals surface area contributed by atoms with Crippen molar-refractivity contribution >= 4 is 0 Å². The molecular weight excluding hydrogens is 144 g/mol. The van der Waals surface area contributed by atoms with Gasteiger partial charge in [0, 0.05) is 0 Å². The summed E-state index contributed by atoms with van der Waals surface area (Å²) in [5.41, 5.74) is 0.572. The summed E-state index contributed by atoms with van der Waals surface area (Å²) in [6.07, 6.45) is 4.02. The van der Waals surface area contributed by atoms with Crippen LogP contribution in [0.4, 0.5) is 0 Å². The highest BCUT2D eigenvalue weighted by Crippen LogP contribution is 2.39. The van der Waals surface area contributed by atoms with Crippen LogP contribution >= 0.6 is 0 Å². The monoisotopic (exact) mass is 170 g/mol. The van der Waals surface area contributed by atoms with Gasteiger partial charge in [-0.1, -0.05) is 54.4 Å². The van der Waals surface area contributed by atoms with E-state index < -0.39 is 0 Å². The molecule has 0 nitrogen and oxygen atoms in total. The van der Waals surface area contributed by atoms with E-state index in [2.05, 4.69) is 41.5 Å². The second-order valence-corrected chi connectivity index (χ2v) is 4.79. The maximum absolute atomic E-state index is 2.45. The molecule has 2 atom stereocenters. The Bertz CT molecular complexity index is 115. The normalized spacial score (nSPS) is 19.2. The highest BCUT2D eigenvalue weighted by molar-refractivity contribution is 4.79. The fraction of sp³-hybridized carbons (Fsp3) is 1.00. The van der Waals surface area contributed by atoms with Gasteiger partial charge in [0.1, 0.15) is 0 Å². The van der Waals surface area contributed by atoms with E-state index in [9.17, 15) is 0 Å². The third-order valence-electron chi connectivity index (χ3n) is 3.73. The minimum Gasteiger partial charge on any atom is -0.0654 e. The summed E-state index contributed by atoms with van der Waals surface area (Å²) >= 11 is 0. The molecule has 2 unspecified atom stereocenters. The molecule has 0 aliphatic rings. The standard InChI is InChI=1S/C12H26/c1-7-9-12(6,8-2)11(5)10(3)4/h10-11H,7-9H2,1-6H3. The Balaban J connectivity index is 4.28. The molecule has 0 aliphatic heterocycles. The second kappa shape index (κ2) is 4.89. The van der Waals surface area contributed by atoms with Gasteiger partial charge in [-0.2, -0.15) is 0 Å². The van der Waals surface area contributed by atoms with Crippen molar-refractivity contribution in [1.82, 2.24) is 0 Å². The summed E-state index contributed by atoms with van der Waals surface area (Å²) in [5.74, 6) is 1.67. The van der Waals surface area contributed by atoms with Gasteiger partial charge in [0.25, 0.3) is 0 Å². The molecule has 0 fully saturated rings. The zero-order valence-corrected chi connectivity index (χ0v) is 9.78. The van der Waals surface area contributed by atoms with Gasteiger partial charge in [-0.25, -0.2) is 0 Å². The first-order valence-electron chi connectivity index (χ1n) is 5.48. The Kier molecular flexibility index (Phi) is 4.89. The van der Waals surface area contributed by atoms with E-state index in [-0.39, 0.29) is 0 Å².